The molecule has 136 valence electrons. The quantitative estimate of drug-likeness (QED) is 0.254. The van der Waals surface area contributed by atoms with Crippen LogP contribution in [-0.4, -0.2) is 12.8 Å². The normalized spacial score (nSPS) is 12.2. The maximum absolute atomic E-state index is 7.24. The summed E-state index contributed by atoms with van der Waals surface area (Å²) in [7, 11) is 0. The topological polar surface area (TPSA) is 33.1 Å². The van der Waals surface area contributed by atoms with Crippen LogP contribution in [0.25, 0.3) is 0 Å². The monoisotopic (exact) mass is 331 g/mol. The summed E-state index contributed by atoms with van der Waals surface area (Å²) in [5.41, 5.74) is 1.24. The Morgan fingerprint density at radius 1 is 0.875 bits per heavy atom. The summed E-state index contributed by atoms with van der Waals surface area (Å²) in [5, 5.41) is 7.24. The highest BCUT2D eigenvalue weighted by Gasteiger charge is 2.10. The van der Waals surface area contributed by atoms with Crippen LogP contribution in [0.3, 0.4) is 0 Å². The average molecular weight is 332 g/mol. The number of unbranched alkanes of at least 4 members (excludes halogenated alkanes) is 9. The van der Waals surface area contributed by atoms with Gasteiger partial charge in [0.1, 0.15) is 0 Å². The first-order valence-electron chi connectivity index (χ1n) is 10.0. The van der Waals surface area contributed by atoms with Crippen molar-refractivity contribution < 1.29 is 4.74 Å². The molecule has 1 aromatic carbocycles. The van der Waals surface area contributed by atoms with E-state index in [0.717, 1.165) is 25.9 Å². The maximum Gasteiger partial charge on any atom is 0.0828 e. The van der Waals surface area contributed by atoms with E-state index in [1.165, 1.54) is 69.6 Å². The molecule has 0 aromatic heterocycles. The molecule has 0 aliphatic carbocycles. The summed E-state index contributed by atoms with van der Waals surface area (Å²) in [6.07, 6.45) is 16.9. The second-order valence-corrected chi connectivity index (χ2v) is 6.73. The van der Waals surface area contributed by atoms with Crippen molar-refractivity contribution in [2.45, 2.75) is 90.1 Å². The molecule has 0 fully saturated rings. The SMILES string of the molecule is CCCCCCCCCCCCOC(CCC=N)c1ccccc1. The van der Waals surface area contributed by atoms with Crippen LogP contribution in [0.15, 0.2) is 30.3 Å². The molecule has 1 N–H and O–H groups in total. The fraction of sp³-hybridized carbons (Fsp3) is 0.682. The lowest BCUT2D eigenvalue weighted by Crippen LogP contribution is -2.06. The molecule has 0 aliphatic rings. The van der Waals surface area contributed by atoms with Gasteiger partial charge in [-0.2, -0.15) is 0 Å². The Kier molecular flexibility index (Phi) is 13.4. The van der Waals surface area contributed by atoms with Crippen LogP contribution in [0.5, 0.6) is 0 Å². The van der Waals surface area contributed by atoms with Crippen molar-refractivity contribution in [2.75, 3.05) is 6.61 Å². The minimum atomic E-state index is 0.145. The van der Waals surface area contributed by atoms with E-state index in [9.17, 15) is 0 Å². The number of hydrogen-bond acceptors (Lipinski definition) is 2. The fourth-order valence-electron chi connectivity index (χ4n) is 3.06. The second-order valence-electron chi connectivity index (χ2n) is 6.73. The number of ether oxygens (including phenoxy) is 1. The van der Waals surface area contributed by atoms with Gasteiger partial charge in [0.05, 0.1) is 6.10 Å². The molecule has 0 saturated carbocycles. The minimum absolute atomic E-state index is 0.145. The molecule has 0 radical (unpaired) electrons. The molecular weight excluding hydrogens is 294 g/mol. The summed E-state index contributed by atoms with van der Waals surface area (Å²) in [6, 6.07) is 10.4. The first-order chi connectivity index (χ1) is 11.9. The predicted molar refractivity (Wildman–Crippen MR) is 105 cm³/mol. The van der Waals surface area contributed by atoms with E-state index in [1.807, 2.05) is 6.07 Å². The largest absolute Gasteiger partial charge is 0.374 e. The van der Waals surface area contributed by atoms with Gasteiger partial charge in [-0.05, 0) is 31.0 Å². The van der Waals surface area contributed by atoms with Crippen molar-refractivity contribution in [3.63, 3.8) is 0 Å². The second kappa shape index (κ2) is 15.4. The lowest BCUT2D eigenvalue weighted by molar-refractivity contribution is 0.0454. The lowest BCUT2D eigenvalue weighted by atomic mass is 10.0. The molecule has 2 heteroatoms. The van der Waals surface area contributed by atoms with E-state index in [-0.39, 0.29) is 6.10 Å². The van der Waals surface area contributed by atoms with Gasteiger partial charge in [0, 0.05) is 6.61 Å². The number of benzene rings is 1. The van der Waals surface area contributed by atoms with E-state index in [2.05, 4.69) is 31.2 Å². The first kappa shape index (κ1) is 20.9. The molecule has 0 amide bonds. The molecule has 24 heavy (non-hydrogen) atoms. The lowest BCUT2D eigenvalue weighted by Gasteiger charge is -2.17. The third kappa shape index (κ3) is 10.6. The van der Waals surface area contributed by atoms with Crippen LogP contribution in [0.1, 0.15) is 95.6 Å². The van der Waals surface area contributed by atoms with Crippen molar-refractivity contribution in [3.05, 3.63) is 35.9 Å². The zero-order valence-corrected chi connectivity index (χ0v) is 15.6. The van der Waals surface area contributed by atoms with Gasteiger partial charge in [-0.1, -0.05) is 95.0 Å². The molecule has 0 spiro atoms. The number of nitrogens with one attached hydrogen (secondary N) is 1. The van der Waals surface area contributed by atoms with E-state index in [0.29, 0.717) is 0 Å². The fourth-order valence-corrected chi connectivity index (χ4v) is 3.06. The summed E-state index contributed by atoms with van der Waals surface area (Å²) in [4.78, 5) is 0. The van der Waals surface area contributed by atoms with E-state index < -0.39 is 0 Å². The van der Waals surface area contributed by atoms with Crippen LogP contribution in [0, 0.1) is 5.41 Å². The van der Waals surface area contributed by atoms with Crippen molar-refractivity contribution in [2.24, 2.45) is 0 Å². The van der Waals surface area contributed by atoms with Gasteiger partial charge < -0.3 is 10.1 Å². The molecule has 1 rings (SSSR count). The molecule has 0 saturated heterocycles. The van der Waals surface area contributed by atoms with E-state index >= 15 is 0 Å². The Balaban J connectivity index is 2.05. The Bertz CT molecular complexity index is 390. The van der Waals surface area contributed by atoms with Crippen LogP contribution in [-0.2, 0) is 4.74 Å². The van der Waals surface area contributed by atoms with E-state index in [1.54, 1.807) is 0 Å². The summed E-state index contributed by atoms with van der Waals surface area (Å²) >= 11 is 0. The average Bonchev–Trinajstić information content (AvgIpc) is 2.63. The predicted octanol–water partition coefficient (Wildman–Crippen LogP) is 7.09. The van der Waals surface area contributed by atoms with Gasteiger partial charge in [0.15, 0.2) is 0 Å². The van der Waals surface area contributed by atoms with Gasteiger partial charge in [-0.3, -0.25) is 0 Å². The smallest absolute Gasteiger partial charge is 0.0828 e. The molecule has 1 aromatic rings. The molecule has 2 nitrogen and oxygen atoms in total. The first-order valence-corrected chi connectivity index (χ1v) is 10.0. The van der Waals surface area contributed by atoms with E-state index in [4.69, 9.17) is 10.1 Å². The van der Waals surface area contributed by atoms with Crippen LogP contribution in [0.4, 0.5) is 0 Å². The Morgan fingerprint density at radius 2 is 1.46 bits per heavy atom. The molecule has 1 unspecified atom stereocenters. The Morgan fingerprint density at radius 3 is 2.04 bits per heavy atom. The van der Waals surface area contributed by atoms with Gasteiger partial charge >= 0.3 is 0 Å². The van der Waals surface area contributed by atoms with Crippen molar-refractivity contribution >= 4 is 6.21 Å². The third-order valence-corrected chi connectivity index (χ3v) is 4.56. The highest BCUT2D eigenvalue weighted by Crippen LogP contribution is 2.22. The highest BCUT2D eigenvalue weighted by atomic mass is 16.5. The maximum atomic E-state index is 7.24. The van der Waals surface area contributed by atoms with Crippen molar-refractivity contribution in [1.82, 2.24) is 0 Å². The van der Waals surface area contributed by atoms with Gasteiger partial charge in [-0.15, -0.1) is 0 Å². The number of hydrogen-bond donors (Lipinski definition) is 1. The molecular formula is C22H37NO. The van der Waals surface area contributed by atoms with Crippen molar-refractivity contribution in [3.8, 4) is 0 Å². The van der Waals surface area contributed by atoms with Crippen molar-refractivity contribution in [1.29, 1.82) is 5.41 Å². The van der Waals surface area contributed by atoms with Crippen LogP contribution in [0.2, 0.25) is 0 Å². The summed E-state index contributed by atoms with van der Waals surface area (Å²) in [6.45, 7) is 3.11. The molecule has 0 aliphatic heterocycles. The molecule has 0 heterocycles. The Labute approximate surface area is 149 Å². The Hall–Kier alpha value is -1.15. The van der Waals surface area contributed by atoms with Crippen LogP contribution < -0.4 is 0 Å². The van der Waals surface area contributed by atoms with Gasteiger partial charge in [0.25, 0.3) is 0 Å². The van der Waals surface area contributed by atoms with Gasteiger partial charge in [0.2, 0.25) is 0 Å². The third-order valence-electron chi connectivity index (χ3n) is 4.56. The highest BCUT2D eigenvalue weighted by molar-refractivity contribution is 5.52. The summed E-state index contributed by atoms with van der Waals surface area (Å²) < 4.78 is 6.10. The van der Waals surface area contributed by atoms with Crippen LogP contribution >= 0.6 is 0 Å². The standard InChI is InChI=1S/C22H37NO/c1-2-3-4-5-6-7-8-9-10-14-20-24-22(18-15-19-23)21-16-12-11-13-17-21/h11-13,16-17,19,22-23H,2-10,14-15,18,20H2,1H3. The summed E-state index contributed by atoms with van der Waals surface area (Å²) in [5.74, 6) is 0. The zero-order chi connectivity index (χ0) is 17.3. The molecule has 0 bridgehead atoms. The van der Waals surface area contributed by atoms with Gasteiger partial charge in [-0.25, -0.2) is 0 Å². The molecule has 1 atom stereocenters. The zero-order valence-electron chi connectivity index (χ0n) is 15.6. The minimum Gasteiger partial charge on any atom is -0.374 e. The number of rotatable bonds is 16.